The molecule has 3 aromatic rings. The molecule has 0 spiro atoms. The van der Waals surface area contributed by atoms with E-state index in [1.165, 1.54) is 4.68 Å². The van der Waals surface area contributed by atoms with Gasteiger partial charge in [0, 0.05) is 19.4 Å². The molecule has 0 aliphatic carbocycles. The first kappa shape index (κ1) is 16.8. The van der Waals surface area contributed by atoms with E-state index in [9.17, 15) is 0 Å². The number of hydrogen-bond donors (Lipinski definition) is 0. The Balaban J connectivity index is 2.01. The largest absolute Gasteiger partial charge is 0.493 e. The zero-order chi connectivity index (χ0) is 17.8. The standard InChI is InChI=1S/C16H16N6O2S/c1-21-16(25)22(15(20-21)12-10-17-6-7-18-12)19-9-11-4-5-13(23-2)14(8-11)24-3/h4-10H,1-3H3/b19-9-. The predicted molar refractivity (Wildman–Crippen MR) is 95.6 cm³/mol. The minimum Gasteiger partial charge on any atom is -0.493 e. The van der Waals surface area contributed by atoms with Crippen LogP contribution in [-0.4, -0.2) is 44.9 Å². The lowest BCUT2D eigenvalue weighted by molar-refractivity contribution is 0.355. The summed E-state index contributed by atoms with van der Waals surface area (Å²) in [5.74, 6) is 1.78. The molecule has 2 heterocycles. The van der Waals surface area contributed by atoms with Crippen LogP contribution in [-0.2, 0) is 7.05 Å². The van der Waals surface area contributed by atoms with E-state index in [0.717, 1.165) is 5.56 Å². The Morgan fingerprint density at radius 2 is 1.96 bits per heavy atom. The molecule has 0 aliphatic heterocycles. The fourth-order valence-electron chi connectivity index (χ4n) is 2.19. The van der Waals surface area contributed by atoms with Crippen LogP contribution in [0.1, 0.15) is 5.56 Å². The molecular weight excluding hydrogens is 340 g/mol. The topological polar surface area (TPSA) is 79.4 Å². The van der Waals surface area contributed by atoms with E-state index in [2.05, 4.69) is 20.2 Å². The summed E-state index contributed by atoms with van der Waals surface area (Å²) in [4.78, 5) is 8.31. The third-order valence-corrected chi connectivity index (χ3v) is 3.86. The van der Waals surface area contributed by atoms with E-state index in [0.29, 0.717) is 27.8 Å². The van der Waals surface area contributed by atoms with Crippen LogP contribution in [0.15, 0.2) is 41.9 Å². The van der Waals surface area contributed by atoms with Crippen LogP contribution in [0.2, 0.25) is 0 Å². The summed E-state index contributed by atoms with van der Waals surface area (Å²) in [6.07, 6.45) is 6.46. The van der Waals surface area contributed by atoms with E-state index in [1.54, 1.807) is 50.8 Å². The molecule has 2 aromatic heterocycles. The van der Waals surface area contributed by atoms with Crippen molar-refractivity contribution in [2.75, 3.05) is 14.2 Å². The smallest absolute Gasteiger partial charge is 0.219 e. The van der Waals surface area contributed by atoms with Gasteiger partial charge in [-0.2, -0.15) is 9.78 Å². The van der Waals surface area contributed by atoms with Crippen LogP contribution in [0.4, 0.5) is 0 Å². The van der Waals surface area contributed by atoms with Gasteiger partial charge in [-0.05, 0) is 36.0 Å². The number of ether oxygens (including phenoxy) is 2. The zero-order valence-electron chi connectivity index (χ0n) is 13.9. The van der Waals surface area contributed by atoms with Gasteiger partial charge < -0.3 is 9.47 Å². The number of aromatic nitrogens is 5. The van der Waals surface area contributed by atoms with Crippen molar-refractivity contribution in [1.82, 2.24) is 24.4 Å². The number of aryl methyl sites for hydroxylation is 1. The van der Waals surface area contributed by atoms with Gasteiger partial charge in [0.2, 0.25) is 10.6 Å². The summed E-state index contributed by atoms with van der Waals surface area (Å²) in [6, 6.07) is 5.50. The minimum absolute atomic E-state index is 0.442. The normalized spacial score (nSPS) is 11.0. The van der Waals surface area contributed by atoms with Gasteiger partial charge in [-0.25, -0.2) is 9.67 Å². The molecule has 25 heavy (non-hydrogen) atoms. The Bertz CT molecular complexity index is 965. The average molecular weight is 356 g/mol. The van der Waals surface area contributed by atoms with Crippen LogP contribution in [0.5, 0.6) is 11.5 Å². The summed E-state index contributed by atoms with van der Waals surface area (Å²) in [7, 11) is 4.93. The van der Waals surface area contributed by atoms with Crippen molar-refractivity contribution in [2.45, 2.75) is 0 Å². The number of hydrogen-bond acceptors (Lipinski definition) is 7. The fourth-order valence-corrected chi connectivity index (χ4v) is 2.37. The SMILES string of the molecule is COc1ccc(/C=N\n2c(-c3cnccn3)nn(C)c2=S)cc1OC. The third kappa shape index (κ3) is 3.41. The Morgan fingerprint density at radius 3 is 2.64 bits per heavy atom. The molecular formula is C16H16N6O2S. The summed E-state index contributed by atoms with van der Waals surface area (Å²) in [6.45, 7) is 0. The van der Waals surface area contributed by atoms with Gasteiger partial charge in [0.05, 0.1) is 26.6 Å². The van der Waals surface area contributed by atoms with Gasteiger partial charge in [0.15, 0.2) is 11.5 Å². The average Bonchev–Trinajstić information content (AvgIpc) is 2.95. The lowest BCUT2D eigenvalue weighted by Gasteiger charge is -2.07. The molecule has 0 radical (unpaired) electrons. The molecule has 0 saturated carbocycles. The van der Waals surface area contributed by atoms with Crippen LogP contribution in [0.3, 0.4) is 0 Å². The van der Waals surface area contributed by atoms with Crippen molar-refractivity contribution in [3.63, 3.8) is 0 Å². The quantitative estimate of drug-likeness (QED) is 0.516. The number of nitrogens with zero attached hydrogens (tertiary/aromatic N) is 6. The molecule has 128 valence electrons. The molecule has 0 N–H and O–H groups in total. The van der Waals surface area contributed by atoms with Crippen molar-refractivity contribution >= 4 is 18.4 Å². The Kier molecular flexibility index (Phi) is 4.85. The van der Waals surface area contributed by atoms with E-state index >= 15 is 0 Å². The summed E-state index contributed by atoms with van der Waals surface area (Å²) < 4.78 is 14.1. The third-order valence-electron chi connectivity index (χ3n) is 3.43. The van der Waals surface area contributed by atoms with Gasteiger partial charge in [-0.1, -0.05) is 0 Å². The maximum absolute atomic E-state index is 5.37. The molecule has 0 saturated heterocycles. The first-order valence-corrected chi connectivity index (χ1v) is 7.73. The van der Waals surface area contributed by atoms with Crippen molar-refractivity contribution in [3.8, 4) is 23.0 Å². The first-order chi connectivity index (χ1) is 12.1. The lowest BCUT2D eigenvalue weighted by atomic mass is 10.2. The van der Waals surface area contributed by atoms with Crippen LogP contribution in [0, 0.1) is 4.77 Å². The molecule has 3 rings (SSSR count). The maximum atomic E-state index is 5.37. The highest BCUT2D eigenvalue weighted by molar-refractivity contribution is 7.71. The first-order valence-electron chi connectivity index (χ1n) is 7.33. The van der Waals surface area contributed by atoms with Crippen molar-refractivity contribution in [3.05, 3.63) is 47.1 Å². The van der Waals surface area contributed by atoms with Gasteiger partial charge in [0.1, 0.15) is 5.69 Å². The second-order valence-corrected chi connectivity index (χ2v) is 5.36. The molecule has 0 aliphatic rings. The maximum Gasteiger partial charge on any atom is 0.219 e. The van der Waals surface area contributed by atoms with E-state index in [4.69, 9.17) is 21.7 Å². The molecule has 0 bridgehead atoms. The fraction of sp³-hybridized carbons (Fsp3) is 0.188. The molecule has 9 heteroatoms. The van der Waals surface area contributed by atoms with Gasteiger partial charge in [-0.15, -0.1) is 5.10 Å². The van der Waals surface area contributed by atoms with Crippen molar-refractivity contribution < 1.29 is 9.47 Å². The molecule has 8 nitrogen and oxygen atoms in total. The Morgan fingerprint density at radius 1 is 1.16 bits per heavy atom. The zero-order valence-corrected chi connectivity index (χ0v) is 14.8. The summed E-state index contributed by atoms with van der Waals surface area (Å²) >= 11 is 5.37. The predicted octanol–water partition coefficient (Wildman–Crippen LogP) is 2.31. The minimum atomic E-state index is 0.442. The highest BCUT2D eigenvalue weighted by Crippen LogP contribution is 2.27. The molecule has 0 atom stereocenters. The van der Waals surface area contributed by atoms with Crippen LogP contribution in [0.25, 0.3) is 11.5 Å². The van der Waals surface area contributed by atoms with Crippen LogP contribution >= 0.6 is 12.2 Å². The highest BCUT2D eigenvalue weighted by atomic mass is 32.1. The Labute approximate surface area is 149 Å². The van der Waals surface area contributed by atoms with Gasteiger partial charge in [-0.3, -0.25) is 4.98 Å². The molecule has 0 fully saturated rings. The van der Waals surface area contributed by atoms with E-state index in [-0.39, 0.29) is 0 Å². The summed E-state index contributed by atoms with van der Waals surface area (Å²) in [5, 5.41) is 8.81. The molecule has 0 unspecified atom stereocenters. The highest BCUT2D eigenvalue weighted by Gasteiger charge is 2.12. The van der Waals surface area contributed by atoms with Crippen molar-refractivity contribution in [2.24, 2.45) is 12.1 Å². The molecule has 0 amide bonds. The lowest BCUT2D eigenvalue weighted by Crippen LogP contribution is -1.97. The number of benzene rings is 1. The van der Waals surface area contributed by atoms with Crippen molar-refractivity contribution in [1.29, 1.82) is 0 Å². The van der Waals surface area contributed by atoms with E-state index < -0.39 is 0 Å². The Hall–Kier alpha value is -3.07. The number of methoxy groups -OCH3 is 2. The van der Waals surface area contributed by atoms with E-state index in [1.807, 2.05) is 18.2 Å². The second kappa shape index (κ2) is 7.22. The molecule has 1 aromatic carbocycles. The van der Waals surface area contributed by atoms with Crippen LogP contribution < -0.4 is 9.47 Å². The summed E-state index contributed by atoms with van der Waals surface area (Å²) in [5.41, 5.74) is 1.41. The second-order valence-electron chi connectivity index (χ2n) is 4.99. The number of rotatable bonds is 5. The van der Waals surface area contributed by atoms with Gasteiger partial charge >= 0.3 is 0 Å². The van der Waals surface area contributed by atoms with Gasteiger partial charge in [0.25, 0.3) is 0 Å². The monoisotopic (exact) mass is 356 g/mol.